The maximum atomic E-state index is 11.1. The predicted molar refractivity (Wildman–Crippen MR) is 64.1 cm³/mol. The predicted octanol–water partition coefficient (Wildman–Crippen LogP) is 1.14. The highest BCUT2D eigenvalue weighted by atomic mass is 16.5. The number of esters is 1. The van der Waals surface area contributed by atoms with E-state index in [1.54, 1.807) is 0 Å². The van der Waals surface area contributed by atoms with Gasteiger partial charge in [-0.3, -0.25) is 4.79 Å². The second-order valence-corrected chi connectivity index (χ2v) is 4.47. The summed E-state index contributed by atoms with van der Waals surface area (Å²) in [4.78, 5) is 13.5. The van der Waals surface area contributed by atoms with Crippen molar-refractivity contribution in [1.29, 1.82) is 0 Å². The fourth-order valence-corrected chi connectivity index (χ4v) is 2.08. The Bertz CT molecular complexity index is 209. The number of unbranched alkanes of at least 4 members (excludes halogenated alkanes) is 2. The van der Waals surface area contributed by atoms with Crippen LogP contribution < -0.4 is 5.73 Å². The first-order valence-electron chi connectivity index (χ1n) is 6.36. The van der Waals surface area contributed by atoms with E-state index < -0.39 is 0 Å². The number of rotatable bonds is 7. The first-order chi connectivity index (χ1) is 7.72. The molecule has 4 heteroatoms. The van der Waals surface area contributed by atoms with E-state index in [1.165, 1.54) is 0 Å². The van der Waals surface area contributed by atoms with E-state index in [4.69, 9.17) is 10.5 Å². The van der Waals surface area contributed by atoms with E-state index in [2.05, 4.69) is 4.90 Å². The van der Waals surface area contributed by atoms with Crippen LogP contribution in [0.15, 0.2) is 0 Å². The van der Waals surface area contributed by atoms with Gasteiger partial charge >= 0.3 is 5.97 Å². The zero-order valence-corrected chi connectivity index (χ0v) is 10.3. The van der Waals surface area contributed by atoms with E-state index in [9.17, 15) is 4.79 Å². The molecule has 0 aromatic heterocycles. The molecule has 2 N–H and O–H groups in total. The lowest BCUT2D eigenvalue weighted by molar-refractivity contribution is -0.143. The molecule has 0 aliphatic carbocycles. The van der Waals surface area contributed by atoms with Crippen LogP contribution in [0.2, 0.25) is 0 Å². The molecule has 1 fully saturated rings. The average molecular weight is 228 g/mol. The van der Waals surface area contributed by atoms with E-state index >= 15 is 0 Å². The number of carbonyl (C=O) groups excluding carboxylic acids is 1. The van der Waals surface area contributed by atoms with Crippen LogP contribution in [0.4, 0.5) is 0 Å². The molecule has 1 rings (SSSR count). The molecule has 1 heterocycles. The summed E-state index contributed by atoms with van der Waals surface area (Å²) in [5.41, 5.74) is 5.83. The molecule has 0 bridgehead atoms. The largest absolute Gasteiger partial charge is 0.466 e. The van der Waals surface area contributed by atoms with Crippen molar-refractivity contribution in [2.24, 2.45) is 5.73 Å². The summed E-state index contributed by atoms with van der Waals surface area (Å²) in [5.74, 6) is -0.0642. The SMILES string of the molecule is CCOC(=O)CCCCCN1CC[C@H](N)C1. The summed E-state index contributed by atoms with van der Waals surface area (Å²) >= 11 is 0. The number of carbonyl (C=O) groups is 1. The quantitative estimate of drug-likeness (QED) is 0.524. The van der Waals surface area contributed by atoms with Crippen molar-refractivity contribution in [2.75, 3.05) is 26.2 Å². The Morgan fingerprint density at radius 3 is 2.88 bits per heavy atom. The van der Waals surface area contributed by atoms with Gasteiger partial charge in [-0.15, -0.1) is 0 Å². The number of nitrogens with two attached hydrogens (primary N) is 1. The highest BCUT2D eigenvalue weighted by Crippen LogP contribution is 2.09. The summed E-state index contributed by atoms with van der Waals surface area (Å²) in [5, 5.41) is 0. The first kappa shape index (κ1) is 13.5. The summed E-state index contributed by atoms with van der Waals surface area (Å²) in [6, 6.07) is 0.375. The van der Waals surface area contributed by atoms with Gasteiger partial charge in [0.2, 0.25) is 0 Å². The van der Waals surface area contributed by atoms with Crippen molar-refractivity contribution in [3.8, 4) is 0 Å². The van der Waals surface area contributed by atoms with Crippen LogP contribution in [-0.4, -0.2) is 43.2 Å². The topological polar surface area (TPSA) is 55.6 Å². The minimum absolute atomic E-state index is 0.0642. The summed E-state index contributed by atoms with van der Waals surface area (Å²) in [6.45, 7) is 5.63. The van der Waals surface area contributed by atoms with Gasteiger partial charge in [0.1, 0.15) is 0 Å². The molecule has 4 nitrogen and oxygen atoms in total. The molecule has 0 aromatic carbocycles. The molecule has 0 unspecified atom stereocenters. The van der Waals surface area contributed by atoms with Crippen LogP contribution in [0.1, 0.15) is 39.0 Å². The Balaban J connectivity index is 1.90. The molecule has 0 saturated carbocycles. The third-order valence-corrected chi connectivity index (χ3v) is 2.97. The lowest BCUT2D eigenvalue weighted by Crippen LogP contribution is -2.27. The normalized spacial score (nSPS) is 21.2. The lowest BCUT2D eigenvalue weighted by atomic mass is 10.2. The Kier molecular flexibility index (Phi) is 6.42. The van der Waals surface area contributed by atoms with Crippen LogP contribution in [0.3, 0.4) is 0 Å². The summed E-state index contributed by atoms with van der Waals surface area (Å²) in [7, 11) is 0. The molecular weight excluding hydrogens is 204 g/mol. The van der Waals surface area contributed by atoms with Crippen molar-refractivity contribution >= 4 is 5.97 Å². The van der Waals surface area contributed by atoms with Crippen LogP contribution in [0, 0.1) is 0 Å². The van der Waals surface area contributed by atoms with Gasteiger partial charge in [-0.05, 0) is 39.3 Å². The number of nitrogens with zero attached hydrogens (tertiary/aromatic N) is 1. The molecule has 0 radical (unpaired) electrons. The molecule has 1 aliphatic heterocycles. The van der Waals surface area contributed by atoms with E-state index in [-0.39, 0.29) is 5.97 Å². The van der Waals surface area contributed by atoms with Crippen molar-refractivity contribution < 1.29 is 9.53 Å². The third kappa shape index (κ3) is 5.47. The van der Waals surface area contributed by atoms with Gasteiger partial charge in [0.15, 0.2) is 0 Å². The molecule has 94 valence electrons. The Labute approximate surface area is 98.1 Å². The van der Waals surface area contributed by atoms with Crippen LogP contribution in [0.5, 0.6) is 0 Å². The maximum absolute atomic E-state index is 11.1. The first-order valence-corrected chi connectivity index (χ1v) is 6.36. The van der Waals surface area contributed by atoms with Crippen molar-refractivity contribution in [2.45, 2.75) is 45.1 Å². The summed E-state index contributed by atoms with van der Waals surface area (Å²) < 4.78 is 4.87. The third-order valence-electron chi connectivity index (χ3n) is 2.97. The van der Waals surface area contributed by atoms with Crippen molar-refractivity contribution in [3.63, 3.8) is 0 Å². The van der Waals surface area contributed by atoms with E-state index in [0.29, 0.717) is 19.1 Å². The van der Waals surface area contributed by atoms with Gasteiger partial charge in [0, 0.05) is 19.0 Å². The van der Waals surface area contributed by atoms with Gasteiger partial charge in [-0.25, -0.2) is 0 Å². The van der Waals surface area contributed by atoms with Gasteiger partial charge in [0.25, 0.3) is 0 Å². The van der Waals surface area contributed by atoms with Crippen molar-refractivity contribution in [1.82, 2.24) is 4.90 Å². The second kappa shape index (κ2) is 7.63. The monoisotopic (exact) mass is 228 g/mol. The highest BCUT2D eigenvalue weighted by Gasteiger charge is 2.17. The van der Waals surface area contributed by atoms with Gasteiger partial charge in [-0.1, -0.05) is 6.42 Å². The molecule has 1 aliphatic rings. The zero-order valence-electron chi connectivity index (χ0n) is 10.3. The Morgan fingerprint density at radius 1 is 1.44 bits per heavy atom. The molecule has 0 aromatic rings. The molecular formula is C12H24N2O2. The lowest BCUT2D eigenvalue weighted by Gasteiger charge is -2.14. The Hall–Kier alpha value is -0.610. The number of hydrogen-bond acceptors (Lipinski definition) is 4. The van der Waals surface area contributed by atoms with Gasteiger partial charge < -0.3 is 15.4 Å². The fraction of sp³-hybridized carbons (Fsp3) is 0.917. The maximum Gasteiger partial charge on any atom is 0.305 e. The fourth-order valence-electron chi connectivity index (χ4n) is 2.08. The number of likely N-dealkylation sites (tertiary alicyclic amines) is 1. The highest BCUT2D eigenvalue weighted by molar-refractivity contribution is 5.69. The molecule has 16 heavy (non-hydrogen) atoms. The van der Waals surface area contributed by atoms with Gasteiger partial charge in [0.05, 0.1) is 6.61 Å². The van der Waals surface area contributed by atoms with E-state index in [1.807, 2.05) is 6.92 Å². The average Bonchev–Trinajstić information content (AvgIpc) is 2.64. The Morgan fingerprint density at radius 2 is 2.25 bits per heavy atom. The van der Waals surface area contributed by atoms with Crippen LogP contribution >= 0.6 is 0 Å². The second-order valence-electron chi connectivity index (χ2n) is 4.47. The molecule has 0 amide bonds. The zero-order chi connectivity index (χ0) is 11.8. The number of ether oxygens (including phenoxy) is 1. The molecule has 1 saturated heterocycles. The standard InChI is InChI=1S/C12H24N2O2/c1-2-16-12(15)6-4-3-5-8-14-9-7-11(13)10-14/h11H,2-10,13H2,1H3/t11-/m0/s1. The number of hydrogen-bond donors (Lipinski definition) is 1. The molecule has 0 spiro atoms. The van der Waals surface area contributed by atoms with Crippen LogP contribution in [0.25, 0.3) is 0 Å². The minimum Gasteiger partial charge on any atom is -0.466 e. The summed E-state index contributed by atoms with van der Waals surface area (Å²) in [6.07, 6.45) is 4.89. The van der Waals surface area contributed by atoms with Crippen LogP contribution in [-0.2, 0) is 9.53 Å². The molecule has 1 atom stereocenters. The van der Waals surface area contributed by atoms with Gasteiger partial charge in [-0.2, -0.15) is 0 Å². The van der Waals surface area contributed by atoms with E-state index in [0.717, 1.165) is 45.3 Å². The van der Waals surface area contributed by atoms with Crippen molar-refractivity contribution in [3.05, 3.63) is 0 Å². The smallest absolute Gasteiger partial charge is 0.305 e. The minimum atomic E-state index is -0.0642.